The Labute approximate surface area is 120 Å². The summed E-state index contributed by atoms with van der Waals surface area (Å²) in [5.74, 6) is 0. The van der Waals surface area contributed by atoms with Gasteiger partial charge in [-0.05, 0) is 31.6 Å². The van der Waals surface area contributed by atoms with Gasteiger partial charge in [-0.3, -0.25) is 0 Å². The van der Waals surface area contributed by atoms with Gasteiger partial charge >= 0.3 is 0 Å². The van der Waals surface area contributed by atoms with Gasteiger partial charge in [-0.1, -0.05) is 38.5 Å². The van der Waals surface area contributed by atoms with Gasteiger partial charge in [0.15, 0.2) is 5.13 Å². The number of nitrogens with zero attached hydrogens (tertiary/aromatic N) is 2. The lowest BCUT2D eigenvalue weighted by Crippen LogP contribution is -2.28. The lowest BCUT2D eigenvalue weighted by atomic mass is 9.77. The Morgan fingerprint density at radius 3 is 2.84 bits per heavy atom. The van der Waals surface area contributed by atoms with Crippen molar-refractivity contribution >= 4 is 16.5 Å². The number of aromatic nitrogens is 1. The predicted molar refractivity (Wildman–Crippen MR) is 81.9 cm³/mol. The van der Waals surface area contributed by atoms with Gasteiger partial charge in [0.2, 0.25) is 0 Å². The summed E-state index contributed by atoms with van der Waals surface area (Å²) in [7, 11) is 2.11. The van der Waals surface area contributed by atoms with Crippen LogP contribution < -0.4 is 4.90 Å². The van der Waals surface area contributed by atoms with Crippen LogP contribution in [0.5, 0.6) is 0 Å². The second kappa shape index (κ2) is 5.41. The molecule has 1 heterocycles. The highest BCUT2D eigenvalue weighted by Gasteiger charge is 2.34. The van der Waals surface area contributed by atoms with Crippen molar-refractivity contribution in [3.63, 3.8) is 0 Å². The first-order chi connectivity index (χ1) is 8.84. The van der Waals surface area contributed by atoms with Gasteiger partial charge in [0.05, 0.1) is 16.7 Å². The first-order valence-electron chi connectivity index (χ1n) is 7.24. The lowest BCUT2D eigenvalue weighted by molar-refractivity contribution is 0.102. The Bertz CT molecular complexity index is 441. The minimum absolute atomic E-state index is 0.158. The van der Waals surface area contributed by atoms with Crippen molar-refractivity contribution in [2.45, 2.75) is 65.5 Å². The molecule has 2 unspecified atom stereocenters. The van der Waals surface area contributed by atoms with E-state index in [0.29, 0.717) is 6.04 Å². The molecule has 0 spiro atoms. The van der Waals surface area contributed by atoms with E-state index in [0.717, 1.165) is 28.5 Å². The van der Waals surface area contributed by atoms with Crippen LogP contribution in [0.15, 0.2) is 0 Å². The van der Waals surface area contributed by atoms with Crippen LogP contribution in [0.4, 0.5) is 5.13 Å². The highest BCUT2D eigenvalue weighted by molar-refractivity contribution is 7.15. The molecule has 0 aliphatic heterocycles. The summed E-state index contributed by atoms with van der Waals surface area (Å²) in [5.41, 5.74) is 1.27. The molecule has 0 saturated carbocycles. The van der Waals surface area contributed by atoms with E-state index >= 15 is 0 Å². The topological polar surface area (TPSA) is 36.4 Å². The number of hydrogen-bond acceptors (Lipinski definition) is 4. The molecule has 0 aromatic carbocycles. The van der Waals surface area contributed by atoms with Crippen molar-refractivity contribution in [3.8, 4) is 0 Å². The number of thiazole rings is 1. The van der Waals surface area contributed by atoms with Crippen molar-refractivity contribution in [3.05, 3.63) is 10.6 Å². The van der Waals surface area contributed by atoms with Crippen molar-refractivity contribution in [1.82, 2.24) is 4.98 Å². The molecule has 1 aromatic heterocycles. The number of fused-ring (bicyclic) bond motifs is 1. The Balaban J connectivity index is 2.23. The Hall–Kier alpha value is -0.610. The van der Waals surface area contributed by atoms with Crippen LogP contribution in [0, 0.1) is 5.41 Å². The fraction of sp³-hybridized carbons (Fsp3) is 0.800. The average Bonchev–Trinajstić information content (AvgIpc) is 2.70. The van der Waals surface area contributed by atoms with Gasteiger partial charge in [-0.15, -0.1) is 0 Å². The summed E-state index contributed by atoms with van der Waals surface area (Å²) < 4.78 is 0. The van der Waals surface area contributed by atoms with Crippen molar-refractivity contribution in [2.75, 3.05) is 11.9 Å². The maximum Gasteiger partial charge on any atom is 0.185 e. The first-order valence-corrected chi connectivity index (χ1v) is 8.06. The molecule has 0 radical (unpaired) electrons. The molecule has 0 fully saturated rings. The molecule has 1 N–H and O–H groups in total. The smallest absolute Gasteiger partial charge is 0.185 e. The van der Waals surface area contributed by atoms with Crippen LogP contribution in [0.25, 0.3) is 0 Å². The molecule has 0 saturated heterocycles. The van der Waals surface area contributed by atoms with Crippen LogP contribution in [-0.4, -0.2) is 23.2 Å². The lowest BCUT2D eigenvalue weighted by Gasteiger charge is -2.31. The van der Waals surface area contributed by atoms with E-state index in [1.165, 1.54) is 12.8 Å². The third-order valence-corrected chi connectivity index (χ3v) is 5.37. The van der Waals surface area contributed by atoms with E-state index < -0.39 is 0 Å². The van der Waals surface area contributed by atoms with Crippen LogP contribution in [0.3, 0.4) is 0 Å². The summed E-state index contributed by atoms with van der Waals surface area (Å²) in [6.07, 6.45) is 3.85. The second-order valence-corrected chi connectivity index (χ2v) is 7.63. The highest BCUT2D eigenvalue weighted by atomic mass is 32.1. The fourth-order valence-electron chi connectivity index (χ4n) is 2.83. The quantitative estimate of drug-likeness (QED) is 0.913. The summed E-state index contributed by atoms with van der Waals surface area (Å²) >= 11 is 1.67. The minimum atomic E-state index is -0.333. The molecule has 0 bridgehead atoms. The molecule has 0 amide bonds. The molecule has 3 nitrogen and oxygen atoms in total. The number of rotatable bonds is 4. The van der Waals surface area contributed by atoms with Gasteiger partial charge in [0.25, 0.3) is 0 Å². The molecule has 1 aliphatic rings. The second-order valence-electron chi connectivity index (χ2n) is 6.62. The number of aliphatic hydroxyl groups is 1. The summed E-state index contributed by atoms with van der Waals surface area (Å²) in [4.78, 5) is 8.13. The standard InChI is InChI=1S/C15H26N2OS/c1-6-7-10(2)17(5)14-16-11-8-15(3,4)9-12(18)13(11)19-14/h10,12,18H,6-9H2,1-5H3. The average molecular weight is 282 g/mol. The van der Waals surface area contributed by atoms with Crippen LogP contribution in [-0.2, 0) is 6.42 Å². The predicted octanol–water partition coefficient (Wildman–Crippen LogP) is 3.77. The molecule has 2 rings (SSSR count). The van der Waals surface area contributed by atoms with E-state index in [1.54, 1.807) is 11.3 Å². The highest BCUT2D eigenvalue weighted by Crippen LogP contribution is 2.44. The van der Waals surface area contributed by atoms with E-state index in [4.69, 9.17) is 4.98 Å². The number of hydrogen-bond donors (Lipinski definition) is 1. The molecule has 2 atom stereocenters. The Morgan fingerprint density at radius 1 is 1.53 bits per heavy atom. The molecule has 1 aliphatic carbocycles. The summed E-state index contributed by atoms with van der Waals surface area (Å²) in [5, 5.41) is 11.3. The first kappa shape index (κ1) is 14.8. The van der Waals surface area contributed by atoms with Gasteiger partial charge in [0.1, 0.15) is 0 Å². The zero-order valence-electron chi connectivity index (χ0n) is 12.7. The van der Waals surface area contributed by atoms with Crippen molar-refractivity contribution < 1.29 is 5.11 Å². The van der Waals surface area contributed by atoms with Crippen LogP contribution in [0.2, 0.25) is 0 Å². The molecular weight excluding hydrogens is 256 g/mol. The van der Waals surface area contributed by atoms with Gasteiger partial charge < -0.3 is 10.0 Å². The maximum atomic E-state index is 10.3. The van der Waals surface area contributed by atoms with Crippen LogP contribution >= 0.6 is 11.3 Å². The monoisotopic (exact) mass is 282 g/mol. The molecule has 4 heteroatoms. The van der Waals surface area contributed by atoms with E-state index in [1.807, 2.05) is 0 Å². The van der Waals surface area contributed by atoms with E-state index in [9.17, 15) is 5.11 Å². The number of anilines is 1. The maximum absolute atomic E-state index is 10.3. The van der Waals surface area contributed by atoms with Crippen molar-refractivity contribution in [1.29, 1.82) is 0 Å². The summed E-state index contributed by atoms with van der Waals surface area (Å²) in [6.45, 7) is 8.87. The SMILES string of the molecule is CCCC(C)N(C)c1nc2c(s1)C(O)CC(C)(C)C2. The minimum Gasteiger partial charge on any atom is -0.387 e. The van der Waals surface area contributed by atoms with Crippen molar-refractivity contribution in [2.24, 2.45) is 5.41 Å². The van der Waals surface area contributed by atoms with Crippen LogP contribution in [0.1, 0.15) is 63.6 Å². The van der Waals surface area contributed by atoms with Gasteiger partial charge in [-0.2, -0.15) is 0 Å². The zero-order valence-corrected chi connectivity index (χ0v) is 13.5. The molecule has 19 heavy (non-hydrogen) atoms. The molecule has 1 aromatic rings. The zero-order chi connectivity index (χ0) is 14.2. The largest absolute Gasteiger partial charge is 0.387 e. The van der Waals surface area contributed by atoms with E-state index in [2.05, 4.69) is 39.6 Å². The third-order valence-electron chi connectivity index (χ3n) is 4.08. The Morgan fingerprint density at radius 2 is 2.21 bits per heavy atom. The third kappa shape index (κ3) is 3.11. The van der Waals surface area contributed by atoms with Gasteiger partial charge in [-0.25, -0.2) is 4.98 Å². The number of aliphatic hydroxyl groups excluding tert-OH is 1. The van der Waals surface area contributed by atoms with Gasteiger partial charge in [0, 0.05) is 13.1 Å². The normalized spacial score (nSPS) is 22.9. The molecule has 108 valence electrons. The fourth-order valence-corrected chi connectivity index (χ4v) is 3.96. The Kier molecular flexibility index (Phi) is 4.21. The van der Waals surface area contributed by atoms with E-state index in [-0.39, 0.29) is 11.5 Å². The summed E-state index contributed by atoms with van der Waals surface area (Å²) in [6, 6.07) is 0.503. The molecular formula is C15H26N2OS.